The normalized spacial score (nSPS) is 22.3. The van der Waals surface area contributed by atoms with Gasteiger partial charge in [0.1, 0.15) is 0 Å². The van der Waals surface area contributed by atoms with Crippen LogP contribution >= 0.6 is 0 Å². The summed E-state index contributed by atoms with van der Waals surface area (Å²) in [5.74, 6) is -0.242. The van der Waals surface area contributed by atoms with Gasteiger partial charge in [-0.3, -0.25) is 4.79 Å². The molecule has 3 N–H and O–H groups in total. The van der Waals surface area contributed by atoms with Crippen LogP contribution in [0.5, 0.6) is 0 Å². The van der Waals surface area contributed by atoms with Crippen LogP contribution in [0.2, 0.25) is 0 Å². The van der Waals surface area contributed by atoms with Crippen LogP contribution in [0.3, 0.4) is 0 Å². The van der Waals surface area contributed by atoms with Crippen LogP contribution in [0.1, 0.15) is 30.6 Å². The van der Waals surface area contributed by atoms with Crippen LogP contribution in [0, 0.1) is 5.41 Å². The maximum atomic E-state index is 12.7. The largest absolute Gasteiger partial charge is 0.355 e. The molecule has 0 aromatic heterocycles. The fraction of sp³-hybridized carbons (Fsp3) is 0.533. The average molecular weight is 325 g/mol. The van der Waals surface area contributed by atoms with Gasteiger partial charge < -0.3 is 11.1 Å². The Hall–Kier alpha value is -1.44. The van der Waals surface area contributed by atoms with Crippen molar-refractivity contribution in [2.45, 2.75) is 31.2 Å². The summed E-state index contributed by atoms with van der Waals surface area (Å²) in [6.07, 6.45) is 0.641. The minimum Gasteiger partial charge on any atom is -0.355 e. The van der Waals surface area contributed by atoms with Gasteiger partial charge in [-0.05, 0) is 36.1 Å². The number of benzene rings is 1. The van der Waals surface area contributed by atoms with Gasteiger partial charge in [0.15, 0.2) is 0 Å². The minimum atomic E-state index is -3.56. The van der Waals surface area contributed by atoms with Crippen molar-refractivity contribution < 1.29 is 13.2 Å². The highest BCUT2D eigenvalue weighted by atomic mass is 32.2. The van der Waals surface area contributed by atoms with Crippen LogP contribution in [0.15, 0.2) is 29.2 Å². The van der Waals surface area contributed by atoms with Gasteiger partial charge in [0.05, 0.1) is 4.90 Å². The predicted octanol–water partition coefficient (Wildman–Crippen LogP) is 0.794. The van der Waals surface area contributed by atoms with Crippen molar-refractivity contribution in [1.82, 2.24) is 9.62 Å². The van der Waals surface area contributed by atoms with Crippen LogP contribution in [0.25, 0.3) is 0 Å². The Morgan fingerprint density at radius 2 is 1.91 bits per heavy atom. The fourth-order valence-corrected chi connectivity index (χ4v) is 4.23. The van der Waals surface area contributed by atoms with Gasteiger partial charge in [-0.2, -0.15) is 4.31 Å². The molecule has 1 aliphatic heterocycles. The Morgan fingerprint density at radius 3 is 2.41 bits per heavy atom. The van der Waals surface area contributed by atoms with Crippen LogP contribution in [-0.2, 0) is 10.0 Å². The lowest BCUT2D eigenvalue weighted by molar-refractivity contribution is 0.0963. The van der Waals surface area contributed by atoms with E-state index in [1.807, 2.05) is 13.8 Å². The van der Waals surface area contributed by atoms with E-state index < -0.39 is 10.0 Å². The molecule has 1 saturated heterocycles. The molecule has 122 valence electrons. The topological polar surface area (TPSA) is 92.5 Å². The molecule has 1 amide bonds. The number of carbonyl (C=O) groups is 1. The molecule has 6 nitrogen and oxygen atoms in total. The van der Waals surface area contributed by atoms with Gasteiger partial charge in [-0.1, -0.05) is 13.8 Å². The van der Waals surface area contributed by atoms with Gasteiger partial charge in [-0.15, -0.1) is 0 Å². The lowest BCUT2D eigenvalue weighted by atomic mass is 9.81. The smallest absolute Gasteiger partial charge is 0.251 e. The highest BCUT2D eigenvalue weighted by Crippen LogP contribution is 2.31. The first kappa shape index (κ1) is 16.9. The van der Waals surface area contributed by atoms with Crippen LogP contribution in [0.4, 0.5) is 0 Å². The second-order valence-corrected chi connectivity index (χ2v) is 8.26. The molecule has 1 unspecified atom stereocenters. The van der Waals surface area contributed by atoms with Crippen molar-refractivity contribution in [3.05, 3.63) is 29.8 Å². The monoisotopic (exact) mass is 325 g/mol. The molecule has 0 saturated carbocycles. The summed E-state index contributed by atoms with van der Waals surface area (Å²) in [6, 6.07) is 5.98. The zero-order valence-corrected chi connectivity index (χ0v) is 14.0. The summed E-state index contributed by atoms with van der Waals surface area (Å²) in [6.45, 7) is 4.78. The number of hydrogen-bond donors (Lipinski definition) is 2. The molecule has 7 heteroatoms. The van der Waals surface area contributed by atoms with E-state index in [9.17, 15) is 13.2 Å². The van der Waals surface area contributed by atoms with Crippen molar-refractivity contribution in [3.8, 4) is 0 Å². The molecule has 0 radical (unpaired) electrons. The summed E-state index contributed by atoms with van der Waals surface area (Å²) < 4.78 is 26.9. The molecule has 1 heterocycles. The van der Waals surface area contributed by atoms with Crippen molar-refractivity contribution in [2.24, 2.45) is 11.1 Å². The Morgan fingerprint density at radius 1 is 1.32 bits per heavy atom. The third-order valence-electron chi connectivity index (χ3n) is 4.26. The maximum absolute atomic E-state index is 12.7. The number of amides is 1. The SMILES string of the molecule is CNC(=O)c1ccc(S(=O)(=O)N2CCC(N)C(C)(C)C2)cc1. The zero-order valence-electron chi connectivity index (χ0n) is 13.2. The number of hydrogen-bond acceptors (Lipinski definition) is 4. The van der Waals surface area contributed by atoms with Crippen LogP contribution < -0.4 is 11.1 Å². The molecule has 1 aliphatic rings. The lowest BCUT2D eigenvalue weighted by Crippen LogP contribution is -2.53. The highest BCUT2D eigenvalue weighted by molar-refractivity contribution is 7.89. The van der Waals surface area contributed by atoms with Gasteiger partial charge in [0.25, 0.3) is 5.91 Å². The van der Waals surface area contributed by atoms with E-state index >= 15 is 0 Å². The van der Waals surface area contributed by atoms with Crippen LogP contribution in [-0.4, -0.2) is 44.8 Å². The van der Waals surface area contributed by atoms with Gasteiger partial charge in [-0.25, -0.2) is 8.42 Å². The number of nitrogens with zero attached hydrogens (tertiary/aromatic N) is 1. The van der Waals surface area contributed by atoms with E-state index in [1.54, 1.807) is 0 Å². The van der Waals surface area contributed by atoms with Gasteiger partial charge in [0, 0.05) is 31.7 Å². The van der Waals surface area contributed by atoms with Crippen molar-refractivity contribution in [2.75, 3.05) is 20.1 Å². The molecule has 1 aromatic rings. The number of rotatable bonds is 3. The lowest BCUT2D eigenvalue weighted by Gasteiger charge is -2.41. The standard InChI is InChI=1S/C15H23N3O3S/c1-15(2)10-18(9-8-13(15)16)22(20,21)12-6-4-11(5-7-12)14(19)17-3/h4-7,13H,8-10,16H2,1-3H3,(H,17,19). The summed E-state index contributed by atoms with van der Waals surface area (Å²) in [7, 11) is -2.03. The number of piperidine rings is 1. The maximum Gasteiger partial charge on any atom is 0.251 e. The van der Waals surface area contributed by atoms with E-state index in [2.05, 4.69) is 5.32 Å². The van der Waals surface area contributed by atoms with E-state index in [1.165, 1.54) is 35.6 Å². The zero-order chi connectivity index (χ0) is 16.5. The average Bonchev–Trinajstić information content (AvgIpc) is 2.49. The molecule has 0 aliphatic carbocycles. The van der Waals surface area contributed by atoms with E-state index in [0.717, 1.165) is 0 Å². The minimum absolute atomic E-state index is 0.00502. The first-order valence-electron chi connectivity index (χ1n) is 7.26. The molecule has 0 bridgehead atoms. The third kappa shape index (κ3) is 3.16. The molecule has 1 fully saturated rings. The predicted molar refractivity (Wildman–Crippen MR) is 85.0 cm³/mol. The molecule has 1 aromatic carbocycles. The molecule has 1 atom stereocenters. The fourth-order valence-electron chi connectivity index (χ4n) is 2.60. The van der Waals surface area contributed by atoms with E-state index in [4.69, 9.17) is 5.73 Å². The van der Waals surface area contributed by atoms with Crippen molar-refractivity contribution >= 4 is 15.9 Å². The van der Waals surface area contributed by atoms with Gasteiger partial charge in [0.2, 0.25) is 10.0 Å². The summed E-state index contributed by atoms with van der Waals surface area (Å²) in [5.41, 5.74) is 6.24. The van der Waals surface area contributed by atoms with E-state index in [-0.39, 0.29) is 22.3 Å². The van der Waals surface area contributed by atoms with Gasteiger partial charge >= 0.3 is 0 Å². The van der Waals surface area contributed by atoms with Crippen molar-refractivity contribution in [1.29, 1.82) is 0 Å². The molecule has 0 spiro atoms. The number of sulfonamides is 1. The first-order chi connectivity index (χ1) is 10.2. The van der Waals surface area contributed by atoms with Crippen molar-refractivity contribution in [3.63, 3.8) is 0 Å². The second-order valence-electron chi connectivity index (χ2n) is 6.33. The quantitative estimate of drug-likeness (QED) is 0.859. The summed E-state index contributed by atoms with van der Waals surface area (Å²) >= 11 is 0. The Kier molecular flexibility index (Phi) is 4.60. The number of carbonyl (C=O) groups excluding carboxylic acids is 1. The summed E-state index contributed by atoms with van der Waals surface area (Å²) in [5, 5.41) is 2.51. The number of nitrogens with two attached hydrogens (primary N) is 1. The Balaban J connectivity index is 2.25. The molecular formula is C15H23N3O3S. The Bertz CT molecular complexity index is 653. The molecule has 2 rings (SSSR count). The number of nitrogens with one attached hydrogen (secondary N) is 1. The second kappa shape index (κ2) is 5.98. The first-order valence-corrected chi connectivity index (χ1v) is 8.70. The van der Waals surface area contributed by atoms with E-state index in [0.29, 0.717) is 25.1 Å². The highest BCUT2D eigenvalue weighted by Gasteiger charge is 2.38. The Labute approximate surface area is 131 Å². The summed E-state index contributed by atoms with van der Waals surface area (Å²) in [4.78, 5) is 11.7. The molecule has 22 heavy (non-hydrogen) atoms. The molecular weight excluding hydrogens is 302 g/mol. The third-order valence-corrected chi connectivity index (χ3v) is 6.12.